The van der Waals surface area contributed by atoms with E-state index in [0.717, 1.165) is 0 Å². The standard InChI is InChI=1S/C13H13ClFN3O/c1-19-11-3-2-6-17-13(11)12(18-16)9-7-8(14)4-5-10(9)15/h2-7,12,18H,16H2,1H3. The molecule has 2 aromatic rings. The summed E-state index contributed by atoms with van der Waals surface area (Å²) in [6.07, 6.45) is 1.59. The zero-order chi connectivity index (χ0) is 13.8. The Labute approximate surface area is 115 Å². The SMILES string of the molecule is COc1cccnc1C(NN)c1cc(Cl)ccc1F. The molecule has 19 heavy (non-hydrogen) atoms. The number of hydrazine groups is 1. The summed E-state index contributed by atoms with van der Waals surface area (Å²) in [5.74, 6) is 5.63. The van der Waals surface area contributed by atoms with Crippen LogP contribution in [0.3, 0.4) is 0 Å². The Morgan fingerprint density at radius 2 is 2.21 bits per heavy atom. The number of halogens is 2. The van der Waals surface area contributed by atoms with Gasteiger partial charge in [0, 0.05) is 16.8 Å². The van der Waals surface area contributed by atoms with Gasteiger partial charge in [-0.1, -0.05) is 11.6 Å². The van der Waals surface area contributed by atoms with E-state index in [1.807, 2.05) is 0 Å². The van der Waals surface area contributed by atoms with E-state index in [-0.39, 0.29) is 0 Å². The number of aromatic nitrogens is 1. The molecule has 0 radical (unpaired) electrons. The van der Waals surface area contributed by atoms with Crippen molar-refractivity contribution in [1.29, 1.82) is 0 Å². The molecule has 0 amide bonds. The van der Waals surface area contributed by atoms with Gasteiger partial charge in [0.2, 0.25) is 0 Å². The van der Waals surface area contributed by atoms with Crippen molar-refractivity contribution in [2.24, 2.45) is 5.84 Å². The maximum atomic E-state index is 13.9. The normalized spacial score (nSPS) is 12.2. The van der Waals surface area contributed by atoms with E-state index in [0.29, 0.717) is 22.0 Å². The molecule has 1 atom stereocenters. The monoisotopic (exact) mass is 281 g/mol. The van der Waals surface area contributed by atoms with Gasteiger partial charge in [0.1, 0.15) is 17.3 Å². The zero-order valence-electron chi connectivity index (χ0n) is 10.2. The van der Waals surface area contributed by atoms with E-state index in [1.165, 1.54) is 25.3 Å². The largest absolute Gasteiger partial charge is 0.495 e. The van der Waals surface area contributed by atoms with Crippen molar-refractivity contribution >= 4 is 11.6 Å². The fourth-order valence-electron chi connectivity index (χ4n) is 1.84. The number of nitrogens with two attached hydrogens (primary N) is 1. The van der Waals surface area contributed by atoms with Crippen molar-refractivity contribution in [1.82, 2.24) is 10.4 Å². The van der Waals surface area contributed by atoms with Crippen molar-refractivity contribution in [2.45, 2.75) is 6.04 Å². The average molecular weight is 282 g/mol. The van der Waals surface area contributed by atoms with Crippen LogP contribution in [-0.4, -0.2) is 12.1 Å². The van der Waals surface area contributed by atoms with Gasteiger partial charge in [0.05, 0.1) is 13.2 Å². The van der Waals surface area contributed by atoms with E-state index in [4.69, 9.17) is 22.2 Å². The fourth-order valence-corrected chi connectivity index (χ4v) is 2.02. The molecular weight excluding hydrogens is 269 g/mol. The highest BCUT2D eigenvalue weighted by molar-refractivity contribution is 6.30. The molecule has 0 saturated heterocycles. The van der Waals surface area contributed by atoms with E-state index < -0.39 is 11.9 Å². The molecule has 100 valence electrons. The second-order valence-corrected chi connectivity index (χ2v) is 4.29. The highest BCUT2D eigenvalue weighted by Gasteiger charge is 2.21. The van der Waals surface area contributed by atoms with Crippen LogP contribution in [0.15, 0.2) is 36.5 Å². The second kappa shape index (κ2) is 5.97. The van der Waals surface area contributed by atoms with E-state index in [1.54, 1.807) is 18.3 Å². The van der Waals surface area contributed by atoms with Crippen molar-refractivity contribution in [2.75, 3.05) is 7.11 Å². The highest BCUT2D eigenvalue weighted by Crippen LogP contribution is 2.30. The molecule has 0 fully saturated rings. The Bertz CT molecular complexity index is 580. The Kier molecular flexibility index (Phi) is 4.31. The molecule has 1 aromatic heterocycles. The van der Waals surface area contributed by atoms with Crippen molar-refractivity contribution < 1.29 is 9.13 Å². The third-order valence-corrected chi connectivity index (χ3v) is 2.96. The number of hydrogen-bond acceptors (Lipinski definition) is 4. The molecule has 0 aliphatic heterocycles. The van der Waals surface area contributed by atoms with E-state index >= 15 is 0 Å². The molecular formula is C13H13ClFN3O. The Balaban J connectivity index is 2.53. The number of nitrogens with zero attached hydrogens (tertiary/aromatic N) is 1. The third-order valence-electron chi connectivity index (χ3n) is 2.73. The van der Waals surface area contributed by atoms with Crippen LogP contribution < -0.4 is 16.0 Å². The van der Waals surface area contributed by atoms with Gasteiger partial charge in [-0.2, -0.15) is 0 Å². The third kappa shape index (κ3) is 2.84. The van der Waals surface area contributed by atoms with Crippen LogP contribution in [0, 0.1) is 5.82 Å². The average Bonchev–Trinajstić information content (AvgIpc) is 2.44. The van der Waals surface area contributed by atoms with Crippen molar-refractivity contribution in [3.05, 3.63) is 58.6 Å². The van der Waals surface area contributed by atoms with Crippen LogP contribution in [0.2, 0.25) is 5.02 Å². The molecule has 1 heterocycles. The van der Waals surface area contributed by atoms with Crippen LogP contribution in [0.4, 0.5) is 4.39 Å². The van der Waals surface area contributed by atoms with Gasteiger partial charge < -0.3 is 4.74 Å². The number of ether oxygens (including phenoxy) is 1. The van der Waals surface area contributed by atoms with Gasteiger partial charge >= 0.3 is 0 Å². The van der Waals surface area contributed by atoms with E-state index in [9.17, 15) is 4.39 Å². The molecule has 6 heteroatoms. The lowest BCUT2D eigenvalue weighted by atomic mass is 10.0. The number of hydrogen-bond donors (Lipinski definition) is 2. The number of benzene rings is 1. The Morgan fingerprint density at radius 1 is 1.42 bits per heavy atom. The minimum Gasteiger partial charge on any atom is -0.495 e. The quantitative estimate of drug-likeness (QED) is 0.667. The number of methoxy groups -OCH3 is 1. The van der Waals surface area contributed by atoms with Gasteiger partial charge in [-0.25, -0.2) is 9.82 Å². The van der Waals surface area contributed by atoms with Crippen molar-refractivity contribution in [3.8, 4) is 5.75 Å². The first-order valence-corrected chi connectivity index (χ1v) is 5.95. The summed E-state index contributed by atoms with van der Waals surface area (Å²) in [4.78, 5) is 4.19. The first-order chi connectivity index (χ1) is 9.17. The van der Waals surface area contributed by atoms with Gasteiger partial charge in [-0.3, -0.25) is 10.8 Å². The van der Waals surface area contributed by atoms with Gasteiger partial charge in [-0.05, 0) is 30.3 Å². The lowest BCUT2D eigenvalue weighted by molar-refractivity contribution is 0.399. The summed E-state index contributed by atoms with van der Waals surface area (Å²) in [5, 5.41) is 0.423. The van der Waals surface area contributed by atoms with Gasteiger partial charge in [0.25, 0.3) is 0 Å². The summed E-state index contributed by atoms with van der Waals surface area (Å²) < 4.78 is 19.1. The molecule has 1 unspecified atom stereocenters. The smallest absolute Gasteiger partial charge is 0.142 e. The van der Waals surface area contributed by atoms with Crippen LogP contribution in [-0.2, 0) is 0 Å². The van der Waals surface area contributed by atoms with Gasteiger partial charge in [0.15, 0.2) is 0 Å². The minimum absolute atomic E-state index is 0.312. The lowest BCUT2D eigenvalue weighted by Crippen LogP contribution is -2.30. The predicted molar refractivity (Wildman–Crippen MR) is 71.4 cm³/mol. The molecule has 0 saturated carbocycles. The first kappa shape index (κ1) is 13.7. The number of nitrogens with one attached hydrogen (secondary N) is 1. The molecule has 4 nitrogen and oxygen atoms in total. The number of rotatable bonds is 4. The Morgan fingerprint density at radius 3 is 2.89 bits per heavy atom. The number of pyridine rings is 1. The highest BCUT2D eigenvalue weighted by atomic mass is 35.5. The second-order valence-electron chi connectivity index (χ2n) is 3.86. The summed E-state index contributed by atoms with van der Waals surface area (Å²) in [7, 11) is 1.52. The molecule has 0 spiro atoms. The summed E-state index contributed by atoms with van der Waals surface area (Å²) in [6, 6.07) is 7.09. The first-order valence-electron chi connectivity index (χ1n) is 5.57. The summed E-state index contributed by atoms with van der Waals surface area (Å²) in [5.41, 5.74) is 3.34. The van der Waals surface area contributed by atoms with Crippen molar-refractivity contribution in [3.63, 3.8) is 0 Å². The summed E-state index contributed by atoms with van der Waals surface area (Å²) in [6.45, 7) is 0. The van der Waals surface area contributed by atoms with Crippen LogP contribution in [0.5, 0.6) is 5.75 Å². The van der Waals surface area contributed by atoms with E-state index in [2.05, 4.69) is 10.4 Å². The van der Waals surface area contributed by atoms with Crippen LogP contribution >= 0.6 is 11.6 Å². The lowest BCUT2D eigenvalue weighted by Gasteiger charge is -2.19. The summed E-state index contributed by atoms with van der Waals surface area (Å²) >= 11 is 5.89. The molecule has 0 aliphatic carbocycles. The maximum absolute atomic E-state index is 13.9. The molecule has 0 bridgehead atoms. The molecule has 1 aromatic carbocycles. The topological polar surface area (TPSA) is 60.2 Å². The van der Waals surface area contributed by atoms with Crippen LogP contribution in [0.25, 0.3) is 0 Å². The molecule has 3 N–H and O–H groups in total. The fraction of sp³-hybridized carbons (Fsp3) is 0.154. The Hall–Kier alpha value is -1.69. The minimum atomic E-state index is -0.644. The molecule has 0 aliphatic rings. The zero-order valence-corrected chi connectivity index (χ0v) is 11.0. The van der Waals surface area contributed by atoms with Crippen LogP contribution in [0.1, 0.15) is 17.3 Å². The maximum Gasteiger partial charge on any atom is 0.142 e. The molecule has 2 rings (SSSR count). The predicted octanol–water partition coefficient (Wildman–Crippen LogP) is 2.44. The van der Waals surface area contributed by atoms with Gasteiger partial charge in [-0.15, -0.1) is 0 Å².